The molecule has 2 heterocycles. The van der Waals surface area contributed by atoms with E-state index >= 15 is 0 Å². The largest absolute Gasteiger partial charge is 0.456 e. The second kappa shape index (κ2) is 10.1. The number of hydrogen-bond acceptors (Lipinski definition) is 2. The van der Waals surface area contributed by atoms with Gasteiger partial charge in [0.05, 0.1) is 0 Å². The lowest BCUT2D eigenvalue weighted by Crippen LogP contribution is -2.15. The number of fused-ring (bicyclic) bond motifs is 10. The SMILES string of the molecule is C1=CC2C=CC=C(c3c4ccccc4c(C4=CC=C5Sc6cc7cc8oc9ccccc9c8cc7cc6C5C4)c4ccccc34)C2C=C1. The van der Waals surface area contributed by atoms with Crippen LogP contribution in [0.4, 0.5) is 0 Å². The van der Waals surface area contributed by atoms with Crippen LogP contribution >= 0.6 is 11.8 Å². The highest BCUT2D eigenvalue weighted by molar-refractivity contribution is 8.03. The van der Waals surface area contributed by atoms with Gasteiger partial charge in [-0.15, -0.1) is 0 Å². The fourth-order valence-electron chi connectivity index (χ4n) is 8.80. The summed E-state index contributed by atoms with van der Waals surface area (Å²) in [6, 6.07) is 36.0. The van der Waals surface area contributed by atoms with Gasteiger partial charge in [0.25, 0.3) is 0 Å². The van der Waals surface area contributed by atoms with Crippen LogP contribution in [0.2, 0.25) is 0 Å². The molecule has 0 saturated heterocycles. The van der Waals surface area contributed by atoms with Crippen LogP contribution in [0.25, 0.3) is 65.4 Å². The smallest absolute Gasteiger partial charge is 0.136 e. The number of para-hydroxylation sites is 1. The average Bonchev–Trinajstić information content (AvgIpc) is 3.68. The van der Waals surface area contributed by atoms with Crippen LogP contribution in [0.5, 0.6) is 0 Å². The van der Waals surface area contributed by atoms with Gasteiger partial charge in [0.2, 0.25) is 0 Å². The molecule has 0 saturated carbocycles. The van der Waals surface area contributed by atoms with Crippen LogP contribution in [-0.4, -0.2) is 0 Å². The normalized spacial score (nSPS) is 21.1. The minimum atomic E-state index is 0.347. The Morgan fingerprint density at radius 3 is 2.06 bits per heavy atom. The Kier molecular flexibility index (Phi) is 5.62. The van der Waals surface area contributed by atoms with Crippen molar-refractivity contribution in [2.45, 2.75) is 17.2 Å². The van der Waals surface area contributed by atoms with Crippen LogP contribution < -0.4 is 0 Å². The summed E-state index contributed by atoms with van der Waals surface area (Å²) in [5, 5.41) is 10.3. The van der Waals surface area contributed by atoms with E-state index in [1.54, 1.807) is 0 Å². The van der Waals surface area contributed by atoms with Crippen LogP contribution in [0.3, 0.4) is 0 Å². The fraction of sp³-hybridized carbons (Fsp3) is 0.0870. The summed E-state index contributed by atoms with van der Waals surface area (Å²) in [6.07, 6.45) is 21.9. The van der Waals surface area contributed by atoms with E-state index < -0.39 is 0 Å². The zero-order valence-corrected chi connectivity index (χ0v) is 27.0. The van der Waals surface area contributed by atoms with Crippen LogP contribution in [0.15, 0.2) is 166 Å². The van der Waals surface area contributed by atoms with Gasteiger partial charge < -0.3 is 4.42 Å². The summed E-state index contributed by atoms with van der Waals surface area (Å²) in [6.45, 7) is 0. The molecule has 6 aromatic carbocycles. The zero-order chi connectivity index (χ0) is 31.3. The molecule has 4 aliphatic rings. The molecule has 3 atom stereocenters. The molecule has 0 radical (unpaired) electrons. The first-order valence-corrected chi connectivity index (χ1v) is 17.8. The molecule has 2 heteroatoms. The molecule has 226 valence electrons. The highest BCUT2D eigenvalue weighted by Crippen LogP contribution is 2.56. The predicted molar refractivity (Wildman–Crippen MR) is 204 cm³/mol. The third-order valence-electron chi connectivity index (χ3n) is 11.0. The van der Waals surface area contributed by atoms with Crippen molar-refractivity contribution in [1.29, 1.82) is 0 Å². The van der Waals surface area contributed by atoms with Crippen LogP contribution in [0.1, 0.15) is 29.0 Å². The molecule has 3 aliphatic carbocycles. The fourth-order valence-corrected chi connectivity index (χ4v) is 10.0. The second-order valence-electron chi connectivity index (χ2n) is 13.5. The third kappa shape index (κ3) is 3.81. The van der Waals surface area contributed by atoms with E-state index in [0.717, 1.165) is 17.6 Å². The van der Waals surface area contributed by atoms with E-state index in [1.165, 1.54) is 80.7 Å². The number of benzene rings is 6. The van der Waals surface area contributed by atoms with Crippen molar-refractivity contribution in [2.24, 2.45) is 11.8 Å². The first-order chi connectivity index (χ1) is 23.8. The van der Waals surface area contributed by atoms with E-state index in [9.17, 15) is 0 Å². The summed E-state index contributed by atoms with van der Waals surface area (Å²) in [5.74, 6) is 1.10. The van der Waals surface area contributed by atoms with Gasteiger partial charge in [-0.3, -0.25) is 0 Å². The van der Waals surface area contributed by atoms with E-state index in [0.29, 0.717) is 17.8 Å². The number of furan rings is 1. The van der Waals surface area contributed by atoms with Crippen molar-refractivity contribution >= 4 is 77.2 Å². The van der Waals surface area contributed by atoms with Crippen LogP contribution in [0, 0.1) is 11.8 Å². The maximum atomic E-state index is 6.24. The Morgan fingerprint density at radius 1 is 0.562 bits per heavy atom. The van der Waals surface area contributed by atoms with Crippen LogP contribution in [-0.2, 0) is 0 Å². The summed E-state index contributed by atoms with van der Waals surface area (Å²) >= 11 is 1.94. The molecule has 48 heavy (non-hydrogen) atoms. The van der Waals surface area contributed by atoms with Gasteiger partial charge in [-0.2, -0.15) is 0 Å². The Bertz CT molecular complexity index is 2690. The van der Waals surface area contributed by atoms with Gasteiger partial charge in [0.15, 0.2) is 0 Å². The lowest BCUT2D eigenvalue weighted by molar-refractivity contribution is 0.669. The van der Waals surface area contributed by atoms with Gasteiger partial charge in [-0.05, 0) is 102 Å². The number of allylic oxidation sites excluding steroid dienone is 12. The molecular formula is C46H30OS. The van der Waals surface area contributed by atoms with Gasteiger partial charge in [0.1, 0.15) is 11.2 Å². The monoisotopic (exact) mass is 630 g/mol. The maximum absolute atomic E-state index is 6.24. The van der Waals surface area contributed by atoms with Crippen molar-refractivity contribution in [2.75, 3.05) is 0 Å². The standard InChI is InChI=1S/C46H30OS/c1-2-12-31-27(10-1)11-9-18-33(31)46-36-16-5-3-14-34(36)45(35-15-4-6-17-37(35)46)28-20-21-43-39(22-28)40-24-29-23-38-32-13-7-8-19-41(32)47-42(38)25-30(29)26-44(40)48-43/h1-21,23-27,31,39H,22H2. The topological polar surface area (TPSA) is 13.1 Å². The summed E-state index contributed by atoms with van der Waals surface area (Å²) in [5.41, 5.74) is 8.95. The molecule has 1 nitrogen and oxygen atoms in total. The Morgan fingerprint density at radius 2 is 1.25 bits per heavy atom. The zero-order valence-electron chi connectivity index (χ0n) is 26.2. The van der Waals surface area contributed by atoms with Crippen molar-refractivity contribution < 1.29 is 4.42 Å². The molecule has 0 fully saturated rings. The van der Waals surface area contributed by atoms with E-state index in [-0.39, 0.29) is 0 Å². The molecule has 0 bridgehead atoms. The Balaban J connectivity index is 1.06. The average molecular weight is 631 g/mol. The predicted octanol–water partition coefficient (Wildman–Crippen LogP) is 12.9. The molecule has 7 aromatic rings. The number of thioether (sulfide) groups is 1. The summed E-state index contributed by atoms with van der Waals surface area (Å²) < 4.78 is 6.24. The molecular weight excluding hydrogens is 601 g/mol. The maximum Gasteiger partial charge on any atom is 0.136 e. The van der Waals surface area contributed by atoms with E-state index in [2.05, 4.69) is 146 Å². The molecule has 0 N–H and O–H groups in total. The van der Waals surface area contributed by atoms with Crippen molar-refractivity contribution in [1.82, 2.24) is 0 Å². The number of hydrogen-bond donors (Lipinski definition) is 0. The van der Waals surface area contributed by atoms with Gasteiger partial charge >= 0.3 is 0 Å². The highest BCUT2D eigenvalue weighted by Gasteiger charge is 2.33. The highest BCUT2D eigenvalue weighted by atomic mass is 32.2. The van der Waals surface area contributed by atoms with Crippen molar-refractivity contribution in [3.63, 3.8) is 0 Å². The second-order valence-corrected chi connectivity index (χ2v) is 14.6. The summed E-state index contributed by atoms with van der Waals surface area (Å²) in [7, 11) is 0. The van der Waals surface area contributed by atoms with E-state index in [4.69, 9.17) is 4.42 Å². The first kappa shape index (κ1) is 26.7. The number of rotatable bonds is 2. The molecule has 1 aromatic heterocycles. The van der Waals surface area contributed by atoms with Crippen molar-refractivity contribution in [3.05, 3.63) is 173 Å². The third-order valence-corrected chi connectivity index (χ3v) is 12.2. The molecule has 11 rings (SSSR count). The van der Waals surface area contributed by atoms with Crippen molar-refractivity contribution in [3.8, 4) is 0 Å². The molecule has 1 aliphatic heterocycles. The van der Waals surface area contributed by atoms with Gasteiger partial charge in [-0.1, -0.05) is 133 Å². The lowest BCUT2D eigenvalue weighted by Gasteiger charge is -2.30. The lowest BCUT2D eigenvalue weighted by atomic mass is 9.74. The molecule has 3 unspecified atom stereocenters. The quantitative estimate of drug-likeness (QED) is 0.176. The molecule has 0 amide bonds. The van der Waals surface area contributed by atoms with E-state index in [1.807, 2.05) is 17.8 Å². The molecule has 0 spiro atoms. The minimum Gasteiger partial charge on any atom is -0.456 e. The summed E-state index contributed by atoms with van der Waals surface area (Å²) in [4.78, 5) is 2.82. The first-order valence-electron chi connectivity index (χ1n) is 16.9. The van der Waals surface area contributed by atoms with Gasteiger partial charge in [0, 0.05) is 33.4 Å². The Labute approximate surface area is 282 Å². The van der Waals surface area contributed by atoms with Gasteiger partial charge in [-0.25, -0.2) is 0 Å². The Hall–Kier alpha value is -5.31. The minimum absolute atomic E-state index is 0.347.